The van der Waals surface area contributed by atoms with Gasteiger partial charge in [-0.15, -0.1) is 11.3 Å². The van der Waals surface area contributed by atoms with E-state index in [9.17, 15) is 0 Å². The maximum absolute atomic E-state index is 2.50. The van der Waals surface area contributed by atoms with Gasteiger partial charge in [-0.25, -0.2) is 0 Å². The van der Waals surface area contributed by atoms with Gasteiger partial charge >= 0.3 is 0 Å². The maximum atomic E-state index is 2.50. The Morgan fingerprint density at radius 1 is 0.265 bits per heavy atom. The Morgan fingerprint density at radius 2 is 0.779 bits per heavy atom. The van der Waals surface area contributed by atoms with Crippen LogP contribution in [0.2, 0.25) is 0 Å². The van der Waals surface area contributed by atoms with Gasteiger partial charge in [-0.2, -0.15) is 0 Å². The fraction of sp³-hybridized carbons (Fsp3) is 0. The Bertz CT molecular complexity index is 3990. The van der Waals surface area contributed by atoms with Crippen LogP contribution in [0.3, 0.4) is 0 Å². The number of thiophene rings is 1. The van der Waals surface area contributed by atoms with E-state index in [-0.39, 0.29) is 0 Å². The Morgan fingerprint density at radius 3 is 1.51 bits per heavy atom. The fourth-order valence-corrected chi connectivity index (χ4v) is 11.7. The molecular formula is C66H43NS. The van der Waals surface area contributed by atoms with Gasteiger partial charge in [0.15, 0.2) is 0 Å². The van der Waals surface area contributed by atoms with Gasteiger partial charge in [-0.1, -0.05) is 224 Å². The number of nitrogens with zero attached hydrogens (tertiary/aromatic N) is 1. The van der Waals surface area contributed by atoms with Crippen LogP contribution in [0.25, 0.3) is 108 Å². The highest BCUT2D eigenvalue weighted by molar-refractivity contribution is 7.26. The predicted molar refractivity (Wildman–Crippen MR) is 294 cm³/mol. The first-order valence-electron chi connectivity index (χ1n) is 23.3. The van der Waals surface area contributed by atoms with Gasteiger partial charge in [0.05, 0.1) is 11.4 Å². The van der Waals surface area contributed by atoms with Crippen molar-refractivity contribution in [2.24, 2.45) is 0 Å². The third-order valence-corrected chi connectivity index (χ3v) is 14.9. The van der Waals surface area contributed by atoms with E-state index in [0.717, 1.165) is 17.1 Å². The second-order valence-electron chi connectivity index (χ2n) is 17.6. The lowest BCUT2D eigenvalue weighted by Crippen LogP contribution is -2.11. The molecular weight excluding hydrogens is 839 g/mol. The quantitative estimate of drug-likeness (QED) is 0.147. The van der Waals surface area contributed by atoms with E-state index in [4.69, 9.17) is 0 Å². The van der Waals surface area contributed by atoms with Crippen LogP contribution in [-0.4, -0.2) is 0 Å². The van der Waals surface area contributed by atoms with Crippen LogP contribution in [0, 0.1) is 0 Å². The number of rotatable bonds is 8. The number of anilines is 3. The molecule has 1 heterocycles. The van der Waals surface area contributed by atoms with Crippen LogP contribution >= 0.6 is 11.3 Å². The summed E-state index contributed by atoms with van der Waals surface area (Å²) in [5.41, 5.74) is 15.6. The molecule has 0 aliphatic carbocycles. The van der Waals surface area contributed by atoms with Gasteiger partial charge in [-0.3, -0.25) is 0 Å². The molecule has 12 aromatic carbocycles. The van der Waals surface area contributed by atoms with E-state index in [1.54, 1.807) is 0 Å². The minimum Gasteiger partial charge on any atom is -0.309 e. The summed E-state index contributed by atoms with van der Waals surface area (Å²) in [6, 6.07) is 95.7. The Hall–Kier alpha value is -8.56. The molecule has 0 aliphatic rings. The summed E-state index contributed by atoms with van der Waals surface area (Å²) in [6.45, 7) is 0. The second-order valence-corrected chi connectivity index (χ2v) is 18.6. The van der Waals surface area contributed by atoms with E-state index < -0.39 is 0 Å². The van der Waals surface area contributed by atoms with Crippen molar-refractivity contribution in [2.45, 2.75) is 0 Å². The smallest absolute Gasteiger partial charge is 0.0555 e. The Labute approximate surface area is 400 Å². The number of hydrogen-bond donors (Lipinski definition) is 0. The zero-order valence-corrected chi connectivity index (χ0v) is 38.0. The van der Waals surface area contributed by atoms with Crippen LogP contribution < -0.4 is 4.90 Å². The topological polar surface area (TPSA) is 3.24 Å². The van der Waals surface area contributed by atoms with Crippen LogP contribution in [-0.2, 0) is 0 Å². The van der Waals surface area contributed by atoms with Gasteiger partial charge in [0.2, 0.25) is 0 Å². The van der Waals surface area contributed by atoms with Crippen molar-refractivity contribution in [3.8, 4) is 55.6 Å². The molecule has 13 aromatic rings. The second kappa shape index (κ2) is 16.7. The molecule has 0 fully saturated rings. The predicted octanol–water partition coefficient (Wildman–Crippen LogP) is 19.3. The largest absolute Gasteiger partial charge is 0.309 e. The van der Waals surface area contributed by atoms with E-state index in [1.807, 2.05) is 11.3 Å². The van der Waals surface area contributed by atoms with Crippen molar-refractivity contribution in [3.05, 3.63) is 261 Å². The van der Waals surface area contributed by atoms with Crippen LogP contribution in [0.4, 0.5) is 17.1 Å². The highest BCUT2D eigenvalue weighted by atomic mass is 32.1. The molecule has 2 heteroatoms. The molecule has 0 saturated carbocycles. The number of hydrogen-bond acceptors (Lipinski definition) is 2. The summed E-state index contributed by atoms with van der Waals surface area (Å²) in [6.07, 6.45) is 0. The monoisotopic (exact) mass is 881 g/mol. The van der Waals surface area contributed by atoms with Crippen molar-refractivity contribution in [1.82, 2.24) is 0 Å². The molecule has 1 aromatic heterocycles. The fourth-order valence-electron chi connectivity index (χ4n) is 10.4. The summed E-state index contributed by atoms with van der Waals surface area (Å²) >= 11 is 1.88. The minimum atomic E-state index is 1.10. The molecule has 0 aliphatic heterocycles. The highest BCUT2D eigenvalue weighted by Crippen LogP contribution is 2.50. The highest BCUT2D eigenvalue weighted by Gasteiger charge is 2.23. The Balaban J connectivity index is 0.990. The van der Waals surface area contributed by atoms with Gasteiger partial charge < -0.3 is 4.90 Å². The summed E-state index contributed by atoms with van der Waals surface area (Å²) in [7, 11) is 0. The first kappa shape index (κ1) is 39.8. The molecule has 0 spiro atoms. The lowest BCUT2D eigenvalue weighted by molar-refractivity contribution is 1.32. The first-order chi connectivity index (χ1) is 33.7. The molecule has 1 nitrogen and oxygen atoms in total. The lowest BCUT2D eigenvalue weighted by atomic mass is 9.91. The molecule has 0 N–H and O–H groups in total. The Kier molecular flexibility index (Phi) is 9.77. The molecule has 13 rings (SSSR count). The lowest BCUT2D eigenvalue weighted by Gasteiger charge is -2.29. The first-order valence-corrected chi connectivity index (χ1v) is 24.1. The molecule has 318 valence electrons. The minimum absolute atomic E-state index is 1.10. The van der Waals surface area contributed by atoms with E-state index in [1.165, 1.54) is 108 Å². The third-order valence-electron chi connectivity index (χ3n) is 13.7. The average Bonchev–Trinajstić information content (AvgIpc) is 3.81. The van der Waals surface area contributed by atoms with E-state index in [2.05, 4.69) is 266 Å². The zero-order chi connectivity index (χ0) is 45.0. The van der Waals surface area contributed by atoms with Crippen molar-refractivity contribution in [3.63, 3.8) is 0 Å². The standard InChI is InChI=1S/C66H43NS/c1-3-15-44(16-4-1)46-35-37-53(38-36-46)67(61-41-39-54(58-23-9-10-24-59(58)61)52-34-29-45-17-7-8-20-51(45)43-52)62-42-40-57(66-65(62)60-25-11-12-28-63(60)68-66)49-32-30-48(31-33-49)56-27-14-22-50-21-13-26-55(64(50)56)47-18-5-2-6-19-47/h1-43H. The molecule has 0 radical (unpaired) electrons. The molecule has 0 bridgehead atoms. The van der Waals surface area contributed by atoms with E-state index in [0.29, 0.717) is 0 Å². The SMILES string of the molecule is c1ccc(-c2ccc(N(c3ccc(-c4ccc5ccccc5c4)c4ccccc34)c3ccc(-c4ccc(-c5cccc6cccc(-c7ccccc7)c56)cc4)c4sc5ccccc5c34)cc2)cc1. The normalized spacial score (nSPS) is 11.5. The average molecular weight is 882 g/mol. The van der Waals surface area contributed by atoms with Gasteiger partial charge in [0, 0.05) is 31.2 Å². The summed E-state index contributed by atoms with van der Waals surface area (Å²) in [4.78, 5) is 2.50. The van der Waals surface area contributed by atoms with Gasteiger partial charge in [-0.05, 0) is 119 Å². The van der Waals surface area contributed by atoms with Gasteiger partial charge in [0.25, 0.3) is 0 Å². The number of fused-ring (bicyclic) bond motifs is 6. The van der Waals surface area contributed by atoms with Crippen LogP contribution in [0.5, 0.6) is 0 Å². The molecule has 0 amide bonds. The molecule has 0 unspecified atom stereocenters. The molecule has 0 atom stereocenters. The van der Waals surface area contributed by atoms with Crippen molar-refractivity contribution >= 4 is 80.9 Å². The third kappa shape index (κ3) is 6.85. The summed E-state index contributed by atoms with van der Waals surface area (Å²) in [5.74, 6) is 0. The molecule has 0 saturated heterocycles. The zero-order valence-electron chi connectivity index (χ0n) is 37.2. The molecule has 68 heavy (non-hydrogen) atoms. The van der Waals surface area contributed by atoms with Gasteiger partial charge in [0.1, 0.15) is 0 Å². The van der Waals surface area contributed by atoms with Crippen LogP contribution in [0.1, 0.15) is 0 Å². The number of benzene rings is 12. The maximum Gasteiger partial charge on any atom is 0.0555 e. The van der Waals surface area contributed by atoms with Crippen molar-refractivity contribution in [2.75, 3.05) is 4.90 Å². The van der Waals surface area contributed by atoms with E-state index >= 15 is 0 Å². The summed E-state index contributed by atoms with van der Waals surface area (Å²) in [5, 5.41) is 9.93. The summed E-state index contributed by atoms with van der Waals surface area (Å²) < 4.78 is 2.55. The van der Waals surface area contributed by atoms with Crippen molar-refractivity contribution < 1.29 is 0 Å². The van der Waals surface area contributed by atoms with Crippen molar-refractivity contribution in [1.29, 1.82) is 0 Å². The van der Waals surface area contributed by atoms with Crippen LogP contribution in [0.15, 0.2) is 261 Å².